The van der Waals surface area contributed by atoms with Crippen LogP contribution in [0, 0.1) is 11.3 Å². The molecule has 2 N–H and O–H groups in total. The van der Waals surface area contributed by atoms with Crippen LogP contribution in [-0.4, -0.2) is 49.6 Å². The first-order valence-electron chi connectivity index (χ1n) is 10.4. The topological polar surface area (TPSA) is 104 Å². The van der Waals surface area contributed by atoms with Crippen molar-refractivity contribution in [3.63, 3.8) is 0 Å². The number of fused-ring (bicyclic) bond motifs is 1. The van der Waals surface area contributed by atoms with Gasteiger partial charge in [-0.05, 0) is 56.0 Å². The van der Waals surface area contributed by atoms with Crippen molar-refractivity contribution in [1.82, 2.24) is 15.5 Å². The molecule has 158 valence electrons. The van der Waals surface area contributed by atoms with E-state index in [9.17, 15) is 5.26 Å². The number of nitriles is 1. The Bertz CT molecular complexity index is 1180. The minimum absolute atomic E-state index is 0.0134. The van der Waals surface area contributed by atoms with Crippen LogP contribution < -0.4 is 10.1 Å². The van der Waals surface area contributed by atoms with E-state index in [1.165, 1.54) is 0 Å². The average molecular weight is 424 g/mol. The molecule has 1 aliphatic rings. The predicted molar refractivity (Wildman–Crippen MR) is 121 cm³/mol. The van der Waals surface area contributed by atoms with Crippen molar-refractivity contribution in [3.05, 3.63) is 53.1 Å². The van der Waals surface area contributed by atoms with E-state index in [0.29, 0.717) is 41.6 Å². The molecule has 0 saturated carbocycles. The monoisotopic (exact) mass is 424 g/mol. The summed E-state index contributed by atoms with van der Waals surface area (Å²) >= 11 is 0. The summed E-state index contributed by atoms with van der Waals surface area (Å²) in [6, 6.07) is 13.0. The fraction of sp³-hybridized carbons (Fsp3) is 0.348. The number of aromatic nitrogens is 2. The van der Waals surface area contributed by atoms with Crippen LogP contribution in [-0.2, 0) is 11.9 Å². The zero-order chi connectivity index (χ0) is 22.9. The number of aliphatic hydroxyl groups is 1. The first kappa shape index (κ1) is 22.1. The number of aliphatic hydroxyl groups excluding tert-OH is 1. The van der Waals surface area contributed by atoms with Crippen LogP contribution in [0.4, 0.5) is 0 Å². The lowest BCUT2D eigenvalue weighted by atomic mass is 9.73. The van der Waals surface area contributed by atoms with E-state index in [1.54, 1.807) is 32.0 Å². The molecule has 3 aromatic rings. The zero-order valence-electron chi connectivity index (χ0n) is 18.1. The second-order valence-electron chi connectivity index (χ2n) is 8.40. The third-order valence-corrected chi connectivity index (χ3v) is 5.37. The molecule has 1 heterocycles. The fourth-order valence-electron chi connectivity index (χ4n) is 3.98. The fourth-order valence-corrected chi connectivity index (χ4v) is 3.98. The number of ether oxygens (including phenoxy) is 1. The maximum absolute atomic E-state index is 9.52. The quantitative estimate of drug-likeness (QED) is 0.562. The number of rotatable bonds is 7. The highest BCUT2D eigenvalue weighted by atomic mass is 16.5. The molecule has 0 bridgehead atoms. The van der Waals surface area contributed by atoms with E-state index in [2.05, 4.69) is 21.5 Å². The zero-order valence-corrected chi connectivity index (χ0v) is 18.1. The van der Waals surface area contributed by atoms with E-state index in [1.807, 2.05) is 18.2 Å². The minimum Gasteiger partial charge on any atom is -0.497 e. The van der Waals surface area contributed by atoms with Gasteiger partial charge in [-0.25, -0.2) is 0 Å². The smallest absolute Gasteiger partial charge is 0.258 e. The standard InChI is InChI=1S/C23H22B2N4O3/c1-22(2,24)31-19-7-6-14(12-15(19)13-26)21-28-20(29-32-21)17-4-3-5-18-16(17)8-9-23(18,25)27-10-11-30/h3-7,12,27,30H,8-11H2,1-2H3/t23-/m0/s1. The lowest BCUT2D eigenvalue weighted by molar-refractivity contribution is 0.197. The predicted octanol–water partition coefficient (Wildman–Crippen LogP) is 2.41. The molecule has 7 nitrogen and oxygen atoms in total. The number of nitrogens with one attached hydrogen (secondary N) is 1. The third kappa shape index (κ3) is 4.29. The molecule has 0 aliphatic heterocycles. The summed E-state index contributed by atoms with van der Waals surface area (Å²) in [7, 11) is 12.5. The SMILES string of the molecule is [B]C(C)(C)Oc1ccc(-c2nc(-c3cccc4c3CC[C@]4([B])NCCO)no2)cc1C#N. The second-order valence-corrected chi connectivity index (χ2v) is 8.40. The van der Waals surface area contributed by atoms with Crippen molar-refractivity contribution in [2.75, 3.05) is 13.2 Å². The summed E-state index contributed by atoms with van der Waals surface area (Å²) in [4.78, 5) is 4.56. The second kappa shape index (κ2) is 8.45. The third-order valence-electron chi connectivity index (χ3n) is 5.37. The van der Waals surface area contributed by atoms with Crippen molar-refractivity contribution in [1.29, 1.82) is 5.26 Å². The summed E-state index contributed by atoms with van der Waals surface area (Å²) < 4.78 is 11.1. The summed E-state index contributed by atoms with van der Waals surface area (Å²) in [5, 5.41) is 26.1. The van der Waals surface area contributed by atoms with Crippen LogP contribution in [0.15, 0.2) is 40.9 Å². The van der Waals surface area contributed by atoms with Gasteiger partial charge in [0, 0.05) is 23.1 Å². The van der Waals surface area contributed by atoms with Crippen molar-refractivity contribution >= 4 is 15.7 Å². The maximum atomic E-state index is 9.52. The highest BCUT2D eigenvalue weighted by Crippen LogP contribution is 2.39. The van der Waals surface area contributed by atoms with E-state index in [4.69, 9.17) is 30.1 Å². The molecule has 4 rings (SSSR count). The van der Waals surface area contributed by atoms with Gasteiger partial charge in [-0.2, -0.15) is 10.2 Å². The van der Waals surface area contributed by atoms with Crippen LogP contribution in [0.25, 0.3) is 22.8 Å². The summed E-state index contributed by atoms with van der Waals surface area (Å²) in [6.45, 7) is 3.84. The van der Waals surface area contributed by atoms with E-state index in [0.717, 1.165) is 23.1 Å². The average Bonchev–Trinajstić information content (AvgIpc) is 3.37. The van der Waals surface area contributed by atoms with E-state index >= 15 is 0 Å². The van der Waals surface area contributed by atoms with E-state index < -0.39 is 10.9 Å². The normalized spacial score (nSPS) is 17.7. The van der Waals surface area contributed by atoms with Gasteiger partial charge in [-0.1, -0.05) is 23.4 Å². The molecule has 4 radical (unpaired) electrons. The van der Waals surface area contributed by atoms with Crippen molar-refractivity contribution in [2.24, 2.45) is 0 Å². The van der Waals surface area contributed by atoms with Gasteiger partial charge in [0.15, 0.2) is 0 Å². The van der Waals surface area contributed by atoms with Crippen LogP contribution in [0.1, 0.15) is 37.0 Å². The molecule has 32 heavy (non-hydrogen) atoms. The lowest BCUT2D eigenvalue weighted by Crippen LogP contribution is -2.42. The van der Waals surface area contributed by atoms with Crippen molar-refractivity contribution < 1.29 is 14.4 Å². The van der Waals surface area contributed by atoms with Crippen LogP contribution >= 0.6 is 0 Å². The Hall–Kier alpha value is -3.08. The number of benzene rings is 2. The Morgan fingerprint density at radius 3 is 2.88 bits per heavy atom. The first-order valence-corrected chi connectivity index (χ1v) is 10.4. The maximum Gasteiger partial charge on any atom is 0.258 e. The van der Waals surface area contributed by atoms with Gasteiger partial charge in [-0.15, -0.1) is 0 Å². The molecule has 0 saturated heterocycles. The van der Waals surface area contributed by atoms with Gasteiger partial charge >= 0.3 is 0 Å². The molecule has 9 heteroatoms. The van der Waals surface area contributed by atoms with Gasteiger partial charge in [0.05, 0.1) is 17.7 Å². The van der Waals surface area contributed by atoms with Crippen LogP contribution in [0.3, 0.4) is 0 Å². The minimum atomic E-state index is -0.914. The van der Waals surface area contributed by atoms with E-state index in [-0.39, 0.29) is 6.61 Å². The highest BCUT2D eigenvalue weighted by molar-refractivity contribution is 6.16. The molecule has 1 aliphatic carbocycles. The molecular formula is C23H22B2N4O3. The number of hydrogen-bond donors (Lipinski definition) is 2. The summed E-state index contributed by atoms with van der Waals surface area (Å²) in [6.07, 6.45) is 1.46. The van der Waals surface area contributed by atoms with Crippen LogP contribution in [0.2, 0.25) is 0 Å². The Labute approximate surface area is 189 Å². The van der Waals surface area contributed by atoms with Gasteiger partial charge in [0.25, 0.3) is 5.89 Å². The lowest BCUT2D eigenvalue weighted by Gasteiger charge is -2.27. The van der Waals surface area contributed by atoms with Crippen molar-refractivity contribution in [3.8, 4) is 34.7 Å². The Morgan fingerprint density at radius 2 is 2.16 bits per heavy atom. The highest BCUT2D eigenvalue weighted by Gasteiger charge is 2.35. The summed E-state index contributed by atoms with van der Waals surface area (Å²) in [5.41, 5.74) is 2.18. The Kier molecular flexibility index (Phi) is 5.85. The first-order chi connectivity index (χ1) is 15.2. The van der Waals surface area contributed by atoms with Gasteiger partial charge < -0.3 is 19.7 Å². The molecule has 0 spiro atoms. The summed E-state index contributed by atoms with van der Waals surface area (Å²) in [5.74, 6) is 1.13. The van der Waals surface area contributed by atoms with Gasteiger partial charge in [0.1, 0.15) is 27.5 Å². The van der Waals surface area contributed by atoms with Gasteiger partial charge in [-0.3, -0.25) is 0 Å². The molecule has 0 unspecified atom stereocenters. The molecule has 0 fully saturated rings. The molecule has 1 atom stereocenters. The number of nitrogens with zero attached hydrogens (tertiary/aromatic N) is 3. The Morgan fingerprint density at radius 1 is 1.34 bits per heavy atom. The molecule has 0 amide bonds. The molecule has 2 aromatic carbocycles. The van der Waals surface area contributed by atoms with Crippen molar-refractivity contribution in [2.45, 2.75) is 37.6 Å². The number of hydrogen-bond acceptors (Lipinski definition) is 7. The Balaban J connectivity index is 1.66. The largest absolute Gasteiger partial charge is 0.497 e. The molecule has 1 aromatic heterocycles. The van der Waals surface area contributed by atoms with Gasteiger partial charge in [0.2, 0.25) is 5.82 Å². The molecular weight excluding hydrogens is 402 g/mol. The van der Waals surface area contributed by atoms with Crippen LogP contribution in [0.5, 0.6) is 5.75 Å².